The van der Waals surface area contributed by atoms with Crippen molar-refractivity contribution in [3.63, 3.8) is 0 Å². The van der Waals surface area contributed by atoms with E-state index in [-0.39, 0.29) is 5.92 Å². The molecule has 2 aromatic rings. The molecule has 1 unspecified atom stereocenters. The molecule has 0 aliphatic heterocycles. The minimum Gasteiger partial charge on any atom is -0.291 e. The topological polar surface area (TPSA) is 30.0 Å². The summed E-state index contributed by atoms with van der Waals surface area (Å²) in [4.78, 5) is 15.0. The number of carbonyl (C=O) groups excluding carboxylic acids is 1. The average molecular weight is 238 g/mol. The van der Waals surface area contributed by atoms with Crippen LogP contribution in [0.15, 0.2) is 54.9 Å². The third kappa shape index (κ3) is 3.81. The Hall–Kier alpha value is -1.96. The van der Waals surface area contributed by atoms with E-state index in [1.165, 1.54) is 11.1 Å². The fourth-order valence-corrected chi connectivity index (χ4v) is 1.99. The highest BCUT2D eigenvalue weighted by molar-refractivity contribution is 5.55. The van der Waals surface area contributed by atoms with Gasteiger partial charge < -0.3 is 0 Å². The van der Waals surface area contributed by atoms with Crippen LogP contribution in [0.4, 0.5) is 0 Å². The van der Waals surface area contributed by atoms with Crippen LogP contribution >= 0.6 is 0 Å². The minimum atomic E-state index is -0.0273. The number of aromatic nitrogens is 1. The molecule has 2 heteroatoms. The average Bonchev–Trinajstić information content (AvgIpc) is 2.45. The van der Waals surface area contributed by atoms with Crippen LogP contribution < -0.4 is 0 Å². The Morgan fingerprint density at radius 1 is 1.00 bits per heavy atom. The lowest BCUT2D eigenvalue weighted by molar-refractivity contribution is 0.504. The molecule has 1 heterocycles. The van der Waals surface area contributed by atoms with Crippen molar-refractivity contribution in [3.8, 4) is 0 Å². The normalized spacial score (nSPS) is 12.0. The number of hydrogen-bond donors (Lipinski definition) is 0. The summed E-state index contributed by atoms with van der Waals surface area (Å²) in [7, 11) is 0. The second-order valence-corrected chi connectivity index (χ2v) is 4.40. The summed E-state index contributed by atoms with van der Waals surface area (Å²) in [6, 6.07) is 14.1. The molecule has 0 bridgehead atoms. The van der Waals surface area contributed by atoms with Crippen LogP contribution in [0.2, 0.25) is 0 Å². The van der Waals surface area contributed by atoms with Crippen molar-refractivity contribution >= 4 is 6.29 Å². The second-order valence-electron chi connectivity index (χ2n) is 4.40. The zero-order valence-electron chi connectivity index (χ0n) is 10.3. The predicted molar refractivity (Wildman–Crippen MR) is 71.9 cm³/mol. The van der Waals surface area contributed by atoms with E-state index in [2.05, 4.69) is 23.4 Å². The maximum atomic E-state index is 11.0. The van der Waals surface area contributed by atoms with Crippen molar-refractivity contribution in [2.75, 3.05) is 0 Å². The Morgan fingerprint density at radius 3 is 2.39 bits per heavy atom. The minimum absolute atomic E-state index is 0.0273. The van der Waals surface area contributed by atoms with Gasteiger partial charge in [-0.25, -0.2) is 0 Å². The van der Waals surface area contributed by atoms with Crippen molar-refractivity contribution in [1.82, 2.24) is 4.98 Å². The Labute approximate surface area is 108 Å². The van der Waals surface area contributed by atoms with Crippen molar-refractivity contribution in [3.05, 3.63) is 66.0 Å². The summed E-state index contributed by atoms with van der Waals surface area (Å²) in [5.74, 6) is -0.0273. The molecule has 0 saturated heterocycles. The van der Waals surface area contributed by atoms with Gasteiger partial charge in [0.15, 0.2) is 0 Å². The summed E-state index contributed by atoms with van der Waals surface area (Å²) >= 11 is 0. The highest BCUT2D eigenvalue weighted by Gasteiger charge is 2.09. The van der Waals surface area contributed by atoms with Crippen molar-refractivity contribution < 1.29 is 4.79 Å². The molecule has 0 saturated carbocycles. The maximum Gasteiger partial charge on any atom is 0.202 e. The van der Waals surface area contributed by atoms with E-state index in [1.807, 2.05) is 30.3 Å². The molecule has 0 N–H and O–H groups in total. The van der Waals surface area contributed by atoms with Gasteiger partial charge in [0.2, 0.25) is 6.29 Å². The molecule has 1 aromatic heterocycles. The van der Waals surface area contributed by atoms with Crippen molar-refractivity contribution in [2.45, 2.75) is 19.3 Å². The van der Waals surface area contributed by atoms with Crippen LogP contribution in [0, 0.1) is 5.92 Å². The number of benzene rings is 1. The summed E-state index contributed by atoms with van der Waals surface area (Å²) in [6.45, 7) is 0. The van der Waals surface area contributed by atoms with Gasteiger partial charge in [0.1, 0.15) is 0 Å². The standard InChI is InChI=1S/C16H16NO/c18-13-16(12-15-4-2-1-3-5-15)7-6-14-8-10-17-11-9-14/h1-5,8-11,16H,6-7,12H2. The van der Waals surface area contributed by atoms with Crippen molar-refractivity contribution in [2.24, 2.45) is 5.92 Å². The van der Waals surface area contributed by atoms with E-state index in [0.717, 1.165) is 19.3 Å². The number of pyridine rings is 1. The Bertz CT molecular complexity index is 467. The van der Waals surface area contributed by atoms with E-state index >= 15 is 0 Å². The first kappa shape index (κ1) is 12.5. The van der Waals surface area contributed by atoms with Crippen LogP contribution in [-0.4, -0.2) is 11.3 Å². The molecule has 0 amide bonds. The first-order chi connectivity index (χ1) is 8.88. The van der Waals surface area contributed by atoms with E-state index < -0.39 is 0 Å². The lowest BCUT2D eigenvalue weighted by atomic mass is 9.94. The fraction of sp³-hybridized carbons (Fsp3) is 0.250. The smallest absolute Gasteiger partial charge is 0.202 e. The fourth-order valence-electron chi connectivity index (χ4n) is 1.99. The van der Waals surface area contributed by atoms with E-state index in [9.17, 15) is 4.79 Å². The Kier molecular flexibility index (Phi) is 4.65. The van der Waals surface area contributed by atoms with Gasteiger partial charge in [0.05, 0.1) is 0 Å². The van der Waals surface area contributed by atoms with Gasteiger partial charge in [0.25, 0.3) is 0 Å². The lowest BCUT2D eigenvalue weighted by Gasteiger charge is -2.09. The van der Waals surface area contributed by atoms with Gasteiger partial charge in [-0.05, 0) is 42.5 Å². The lowest BCUT2D eigenvalue weighted by Crippen LogP contribution is -2.07. The van der Waals surface area contributed by atoms with Crippen LogP contribution in [0.25, 0.3) is 0 Å². The Morgan fingerprint density at radius 2 is 1.72 bits per heavy atom. The van der Waals surface area contributed by atoms with Gasteiger partial charge >= 0.3 is 0 Å². The van der Waals surface area contributed by atoms with Crippen LogP contribution in [-0.2, 0) is 17.6 Å². The summed E-state index contributed by atoms with van der Waals surface area (Å²) in [5.41, 5.74) is 2.42. The molecule has 2 nitrogen and oxygen atoms in total. The van der Waals surface area contributed by atoms with Gasteiger partial charge in [-0.2, -0.15) is 0 Å². The molecular weight excluding hydrogens is 222 g/mol. The van der Waals surface area contributed by atoms with Gasteiger partial charge in [-0.3, -0.25) is 9.78 Å². The summed E-state index contributed by atoms with van der Waals surface area (Å²) in [6.07, 6.45) is 8.23. The van der Waals surface area contributed by atoms with Crippen molar-refractivity contribution in [1.29, 1.82) is 0 Å². The first-order valence-electron chi connectivity index (χ1n) is 6.19. The van der Waals surface area contributed by atoms with Crippen LogP contribution in [0.3, 0.4) is 0 Å². The summed E-state index contributed by atoms with van der Waals surface area (Å²) in [5, 5.41) is 0. The predicted octanol–water partition coefficient (Wildman–Crippen LogP) is 2.98. The monoisotopic (exact) mass is 238 g/mol. The van der Waals surface area contributed by atoms with E-state index in [0.29, 0.717) is 0 Å². The second kappa shape index (κ2) is 6.70. The number of aryl methyl sites for hydroxylation is 1. The number of nitrogens with zero attached hydrogens (tertiary/aromatic N) is 1. The highest BCUT2D eigenvalue weighted by atomic mass is 16.1. The van der Waals surface area contributed by atoms with Gasteiger partial charge in [0, 0.05) is 18.3 Å². The molecular formula is C16H16NO. The largest absolute Gasteiger partial charge is 0.291 e. The molecule has 0 spiro atoms. The number of hydrogen-bond acceptors (Lipinski definition) is 2. The number of rotatable bonds is 6. The summed E-state index contributed by atoms with van der Waals surface area (Å²) < 4.78 is 0. The molecule has 2 rings (SSSR count). The maximum absolute atomic E-state index is 11.0. The molecule has 0 aliphatic rings. The first-order valence-corrected chi connectivity index (χ1v) is 6.19. The van der Waals surface area contributed by atoms with Crippen LogP contribution in [0.5, 0.6) is 0 Å². The SMILES string of the molecule is O=[C]C(CCc1ccncc1)Cc1ccccc1. The zero-order valence-corrected chi connectivity index (χ0v) is 10.3. The third-order valence-electron chi connectivity index (χ3n) is 3.02. The quantitative estimate of drug-likeness (QED) is 0.774. The molecule has 91 valence electrons. The molecule has 0 aliphatic carbocycles. The third-order valence-corrected chi connectivity index (χ3v) is 3.02. The van der Waals surface area contributed by atoms with Gasteiger partial charge in [-0.15, -0.1) is 0 Å². The van der Waals surface area contributed by atoms with Crippen LogP contribution in [0.1, 0.15) is 17.5 Å². The molecule has 1 atom stereocenters. The van der Waals surface area contributed by atoms with E-state index in [1.54, 1.807) is 12.4 Å². The molecule has 1 aromatic carbocycles. The van der Waals surface area contributed by atoms with Gasteiger partial charge in [-0.1, -0.05) is 30.3 Å². The molecule has 1 radical (unpaired) electrons. The Balaban J connectivity index is 1.88. The molecule has 0 fully saturated rings. The molecule has 18 heavy (non-hydrogen) atoms. The van der Waals surface area contributed by atoms with E-state index in [4.69, 9.17) is 0 Å². The highest BCUT2D eigenvalue weighted by Crippen LogP contribution is 2.13. The zero-order chi connectivity index (χ0) is 12.6.